The van der Waals surface area contributed by atoms with E-state index in [0.29, 0.717) is 24.1 Å². The van der Waals surface area contributed by atoms with Gasteiger partial charge < -0.3 is 5.32 Å². The van der Waals surface area contributed by atoms with Crippen LogP contribution in [0, 0.1) is 5.92 Å². The van der Waals surface area contributed by atoms with Gasteiger partial charge in [-0.1, -0.05) is 12.1 Å². The third-order valence-electron chi connectivity index (χ3n) is 3.75. The molecule has 1 saturated carbocycles. The van der Waals surface area contributed by atoms with Gasteiger partial charge in [-0.05, 0) is 42.7 Å². The zero-order chi connectivity index (χ0) is 12.0. The van der Waals surface area contributed by atoms with Crippen LogP contribution in [-0.4, -0.2) is 6.54 Å². The van der Waals surface area contributed by atoms with Crippen LogP contribution in [0.3, 0.4) is 0 Å². The number of hydrogen-bond acceptors (Lipinski definition) is 1. The van der Waals surface area contributed by atoms with Crippen molar-refractivity contribution in [3.05, 3.63) is 29.3 Å². The van der Waals surface area contributed by atoms with Crippen LogP contribution in [0.25, 0.3) is 0 Å². The lowest BCUT2D eigenvalue weighted by atomic mass is 9.85. The average Bonchev–Trinajstić information content (AvgIpc) is 3.10. The quantitative estimate of drug-likeness (QED) is 0.783. The van der Waals surface area contributed by atoms with Gasteiger partial charge in [-0.25, -0.2) is 0 Å². The first kappa shape index (κ1) is 10.9. The van der Waals surface area contributed by atoms with Crippen molar-refractivity contribution >= 4 is 5.69 Å². The standard InChI is InChI=1S/C13H14F3N/c14-13(15,16)11-3-1-2-10-9(8-4-5-8)6-7-17-12(10)11/h1-3,8-9,17H,4-7H2. The molecule has 1 aliphatic carbocycles. The Bertz CT molecular complexity index is 435. The zero-order valence-electron chi connectivity index (χ0n) is 9.35. The molecule has 1 unspecified atom stereocenters. The molecular formula is C13H14F3N. The molecule has 3 rings (SSSR count). The summed E-state index contributed by atoms with van der Waals surface area (Å²) >= 11 is 0. The maximum absolute atomic E-state index is 12.9. The third kappa shape index (κ3) is 1.90. The van der Waals surface area contributed by atoms with Crippen molar-refractivity contribution in [3.63, 3.8) is 0 Å². The van der Waals surface area contributed by atoms with Crippen molar-refractivity contribution in [2.75, 3.05) is 11.9 Å². The molecule has 0 amide bonds. The SMILES string of the molecule is FC(F)(F)c1cccc2c1NCCC2C1CC1. The van der Waals surface area contributed by atoms with E-state index in [0.717, 1.165) is 12.0 Å². The smallest absolute Gasteiger partial charge is 0.384 e. The molecule has 1 aromatic rings. The van der Waals surface area contributed by atoms with Gasteiger partial charge >= 0.3 is 6.18 Å². The first-order valence-electron chi connectivity index (χ1n) is 6.01. The van der Waals surface area contributed by atoms with Crippen molar-refractivity contribution < 1.29 is 13.2 Å². The Labute approximate surface area is 98.0 Å². The summed E-state index contributed by atoms with van der Waals surface area (Å²) in [5, 5.41) is 2.93. The summed E-state index contributed by atoms with van der Waals surface area (Å²) in [6.07, 6.45) is -0.969. The lowest BCUT2D eigenvalue weighted by Crippen LogP contribution is -2.21. The van der Waals surface area contributed by atoms with Crippen molar-refractivity contribution in [2.45, 2.75) is 31.4 Å². The second-order valence-corrected chi connectivity index (χ2v) is 4.93. The molecule has 4 heteroatoms. The Balaban J connectivity index is 2.07. The highest BCUT2D eigenvalue weighted by molar-refractivity contribution is 5.62. The van der Waals surface area contributed by atoms with Gasteiger partial charge in [-0.15, -0.1) is 0 Å². The first-order valence-corrected chi connectivity index (χ1v) is 6.01. The monoisotopic (exact) mass is 241 g/mol. The van der Waals surface area contributed by atoms with E-state index in [1.165, 1.54) is 25.0 Å². The van der Waals surface area contributed by atoms with Crippen LogP contribution >= 0.6 is 0 Å². The number of hydrogen-bond donors (Lipinski definition) is 1. The van der Waals surface area contributed by atoms with Crippen LogP contribution in [0.4, 0.5) is 18.9 Å². The highest BCUT2D eigenvalue weighted by Gasteiger charge is 2.40. The minimum atomic E-state index is -4.26. The second kappa shape index (κ2) is 3.65. The van der Waals surface area contributed by atoms with E-state index in [9.17, 15) is 13.2 Å². The van der Waals surface area contributed by atoms with Crippen LogP contribution in [0.5, 0.6) is 0 Å². The molecule has 17 heavy (non-hydrogen) atoms. The molecule has 1 aliphatic heterocycles. The highest BCUT2D eigenvalue weighted by Crippen LogP contribution is 2.50. The molecule has 1 atom stereocenters. The fraction of sp³-hybridized carbons (Fsp3) is 0.538. The maximum Gasteiger partial charge on any atom is 0.418 e. The van der Waals surface area contributed by atoms with E-state index >= 15 is 0 Å². The van der Waals surface area contributed by atoms with Crippen LogP contribution in [0.1, 0.15) is 36.3 Å². The van der Waals surface area contributed by atoms with Crippen molar-refractivity contribution in [3.8, 4) is 0 Å². The summed E-state index contributed by atoms with van der Waals surface area (Å²) in [4.78, 5) is 0. The molecule has 1 fully saturated rings. The van der Waals surface area contributed by atoms with Gasteiger partial charge in [-0.2, -0.15) is 13.2 Å². The van der Waals surface area contributed by atoms with Gasteiger partial charge in [0.15, 0.2) is 0 Å². The zero-order valence-corrected chi connectivity index (χ0v) is 9.35. The summed E-state index contributed by atoms with van der Waals surface area (Å²) < 4.78 is 38.6. The van der Waals surface area contributed by atoms with Crippen LogP contribution in [-0.2, 0) is 6.18 Å². The van der Waals surface area contributed by atoms with E-state index in [1.807, 2.05) is 6.07 Å². The van der Waals surface area contributed by atoms with Gasteiger partial charge in [0.25, 0.3) is 0 Å². The number of benzene rings is 1. The molecule has 1 heterocycles. The number of fused-ring (bicyclic) bond motifs is 1. The highest BCUT2D eigenvalue weighted by atomic mass is 19.4. The normalized spacial score (nSPS) is 24.1. The Morgan fingerprint density at radius 2 is 1.88 bits per heavy atom. The molecule has 1 nitrogen and oxygen atoms in total. The fourth-order valence-electron chi connectivity index (χ4n) is 2.81. The first-order chi connectivity index (χ1) is 8.07. The summed E-state index contributed by atoms with van der Waals surface area (Å²) in [5.41, 5.74) is 0.678. The van der Waals surface area contributed by atoms with E-state index in [2.05, 4.69) is 5.32 Å². The molecule has 2 aliphatic rings. The lowest BCUT2D eigenvalue weighted by molar-refractivity contribution is -0.137. The van der Waals surface area contributed by atoms with Crippen LogP contribution in [0.15, 0.2) is 18.2 Å². The van der Waals surface area contributed by atoms with Gasteiger partial charge in [0.2, 0.25) is 0 Å². The molecule has 1 N–H and O–H groups in total. The van der Waals surface area contributed by atoms with Gasteiger partial charge in [0.1, 0.15) is 0 Å². The number of anilines is 1. The lowest BCUT2D eigenvalue weighted by Gasteiger charge is -2.29. The molecule has 0 spiro atoms. The van der Waals surface area contributed by atoms with Crippen molar-refractivity contribution in [1.29, 1.82) is 0 Å². The van der Waals surface area contributed by atoms with Crippen molar-refractivity contribution in [2.24, 2.45) is 5.92 Å². The molecule has 0 aromatic heterocycles. The van der Waals surface area contributed by atoms with Crippen molar-refractivity contribution in [1.82, 2.24) is 0 Å². The average molecular weight is 241 g/mol. The summed E-state index contributed by atoms with van der Waals surface area (Å²) in [5.74, 6) is 0.938. The summed E-state index contributed by atoms with van der Waals surface area (Å²) in [6, 6.07) is 4.55. The Kier molecular flexibility index (Phi) is 2.35. The predicted molar refractivity (Wildman–Crippen MR) is 60.0 cm³/mol. The molecule has 0 radical (unpaired) electrons. The number of alkyl halides is 3. The Morgan fingerprint density at radius 3 is 2.53 bits per heavy atom. The van der Waals surface area contributed by atoms with Gasteiger partial charge in [0.05, 0.1) is 5.56 Å². The third-order valence-corrected chi connectivity index (χ3v) is 3.75. The molecule has 0 bridgehead atoms. The molecule has 1 aromatic carbocycles. The van der Waals surface area contributed by atoms with Gasteiger partial charge in [0, 0.05) is 12.2 Å². The van der Waals surface area contributed by atoms with Gasteiger partial charge in [-0.3, -0.25) is 0 Å². The fourth-order valence-corrected chi connectivity index (χ4v) is 2.81. The Hall–Kier alpha value is -1.19. The number of para-hydroxylation sites is 1. The maximum atomic E-state index is 12.9. The van der Waals surface area contributed by atoms with E-state index in [4.69, 9.17) is 0 Å². The van der Waals surface area contributed by atoms with E-state index in [-0.39, 0.29) is 0 Å². The van der Waals surface area contributed by atoms with Crippen LogP contribution < -0.4 is 5.32 Å². The topological polar surface area (TPSA) is 12.0 Å². The van der Waals surface area contributed by atoms with E-state index < -0.39 is 11.7 Å². The summed E-state index contributed by atoms with van der Waals surface area (Å²) in [6.45, 7) is 0.654. The number of halogens is 3. The number of rotatable bonds is 1. The molecule has 92 valence electrons. The number of nitrogens with one attached hydrogen (secondary N) is 1. The molecular weight excluding hydrogens is 227 g/mol. The minimum absolute atomic E-state index is 0.322. The van der Waals surface area contributed by atoms with E-state index in [1.54, 1.807) is 0 Å². The largest absolute Gasteiger partial charge is 0.418 e. The second-order valence-electron chi connectivity index (χ2n) is 4.93. The van der Waals surface area contributed by atoms with Crippen LogP contribution in [0.2, 0.25) is 0 Å². The Morgan fingerprint density at radius 1 is 1.12 bits per heavy atom. The predicted octanol–water partition coefficient (Wildman–Crippen LogP) is 4.01. The minimum Gasteiger partial charge on any atom is -0.384 e. The molecule has 0 saturated heterocycles. The summed E-state index contributed by atoms with van der Waals surface area (Å²) in [7, 11) is 0.